The number of nitrogens with one attached hydrogen (secondary N) is 2. The maximum absolute atomic E-state index is 13.8. The Bertz CT molecular complexity index is 616. The molecule has 0 saturated carbocycles. The molecule has 0 aliphatic carbocycles. The second-order valence-electron chi connectivity index (χ2n) is 6.79. The van der Waals surface area contributed by atoms with Crippen molar-refractivity contribution in [1.29, 1.82) is 0 Å². The first-order valence-electron chi connectivity index (χ1n) is 8.53. The van der Waals surface area contributed by atoms with Gasteiger partial charge in [0.25, 0.3) is 5.91 Å². The van der Waals surface area contributed by atoms with Gasteiger partial charge >= 0.3 is 0 Å². The molecular formula is C18H25F2N3O2. The lowest BCUT2D eigenvalue weighted by Crippen LogP contribution is -2.51. The number of amides is 2. The van der Waals surface area contributed by atoms with Crippen molar-refractivity contribution in [3.63, 3.8) is 0 Å². The molecule has 7 heteroatoms. The maximum Gasteiger partial charge on any atom is 0.257 e. The molecule has 1 fully saturated rings. The lowest BCUT2D eigenvalue weighted by Gasteiger charge is -2.27. The molecule has 1 saturated heterocycles. The molecule has 25 heavy (non-hydrogen) atoms. The van der Waals surface area contributed by atoms with Gasteiger partial charge in [0.05, 0.1) is 0 Å². The van der Waals surface area contributed by atoms with Gasteiger partial charge in [-0.2, -0.15) is 0 Å². The molecule has 2 rings (SSSR count). The molecule has 1 aliphatic rings. The summed E-state index contributed by atoms with van der Waals surface area (Å²) in [6, 6.07) is 2.42. The molecule has 2 N–H and O–H groups in total. The smallest absolute Gasteiger partial charge is 0.257 e. The van der Waals surface area contributed by atoms with Crippen molar-refractivity contribution < 1.29 is 18.4 Å². The third-order valence-electron chi connectivity index (χ3n) is 4.50. The van der Waals surface area contributed by atoms with Gasteiger partial charge in [0.2, 0.25) is 5.91 Å². The highest BCUT2D eigenvalue weighted by Crippen LogP contribution is 2.19. The van der Waals surface area contributed by atoms with E-state index in [1.807, 2.05) is 7.05 Å². The van der Waals surface area contributed by atoms with Crippen molar-refractivity contribution in [1.82, 2.24) is 15.5 Å². The van der Waals surface area contributed by atoms with E-state index in [9.17, 15) is 18.4 Å². The number of carbonyl (C=O) groups excluding carboxylic acids is 2. The number of hydrogen-bond donors (Lipinski definition) is 2. The lowest BCUT2D eigenvalue weighted by molar-refractivity contribution is -0.133. The minimum atomic E-state index is -0.942. The predicted molar refractivity (Wildman–Crippen MR) is 91.1 cm³/mol. The van der Waals surface area contributed by atoms with Crippen molar-refractivity contribution in [2.24, 2.45) is 11.8 Å². The van der Waals surface area contributed by atoms with Gasteiger partial charge in [-0.05, 0) is 44.0 Å². The number of rotatable bonds is 6. The van der Waals surface area contributed by atoms with E-state index in [4.69, 9.17) is 0 Å². The number of likely N-dealkylation sites (tertiary alicyclic amines) is 1. The zero-order chi connectivity index (χ0) is 18.6. The summed E-state index contributed by atoms with van der Waals surface area (Å²) < 4.78 is 27.6. The normalized spacial score (nSPS) is 18.5. The van der Waals surface area contributed by atoms with Gasteiger partial charge in [-0.1, -0.05) is 19.9 Å². The van der Waals surface area contributed by atoms with Crippen molar-refractivity contribution in [3.8, 4) is 0 Å². The molecule has 0 aromatic heterocycles. The Morgan fingerprint density at radius 1 is 1.28 bits per heavy atom. The Hall–Kier alpha value is -2.02. The monoisotopic (exact) mass is 353 g/mol. The first-order valence-corrected chi connectivity index (χ1v) is 8.53. The van der Waals surface area contributed by atoms with Crippen LogP contribution in [-0.2, 0) is 4.79 Å². The largest absolute Gasteiger partial charge is 0.341 e. The fourth-order valence-corrected chi connectivity index (χ4v) is 3.13. The lowest BCUT2D eigenvalue weighted by atomic mass is 10.0. The Balaban J connectivity index is 2.11. The molecule has 5 nitrogen and oxygen atoms in total. The summed E-state index contributed by atoms with van der Waals surface area (Å²) in [5.41, 5.74) is -0.657. The molecule has 1 aromatic carbocycles. The molecule has 1 heterocycles. The molecule has 0 spiro atoms. The minimum absolute atomic E-state index is 0.199. The topological polar surface area (TPSA) is 61.4 Å². The highest BCUT2D eigenvalue weighted by Gasteiger charge is 2.34. The Morgan fingerprint density at radius 3 is 2.48 bits per heavy atom. The highest BCUT2D eigenvalue weighted by molar-refractivity contribution is 5.98. The van der Waals surface area contributed by atoms with E-state index in [0.29, 0.717) is 19.0 Å². The molecule has 2 unspecified atom stereocenters. The molecule has 2 amide bonds. The minimum Gasteiger partial charge on any atom is -0.341 e. The van der Waals surface area contributed by atoms with Crippen LogP contribution in [0, 0.1) is 23.5 Å². The molecule has 2 atom stereocenters. The van der Waals surface area contributed by atoms with E-state index in [2.05, 4.69) is 10.6 Å². The Labute approximate surface area is 146 Å². The quantitative estimate of drug-likeness (QED) is 0.820. The Morgan fingerprint density at radius 2 is 1.92 bits per heavy atom. The zero-order valence-electron chi connectivity index (χ0n) is 14.8. The summed E-state index contributed by atoms with van der Waals surface area (Å²) in [7, 11) is 1.87. The number of hydrogen-bond acceptors (Lipinski definition) is 3. The van der Waals surface area contributed by atoms with Crippen LogP contribution in [-0.4, -0.2) is 49.4 Å². The SMILES string of the molecule is CNCC1CCN(C(=O)C(NC(=O)c2c(F)cccc2F)C(C)C)C1. The van der Waals surface area contributed by atoms with Gasteiger partial charge < -0.3 is 15.5 Å². The van der Waals surface area contributed by atoms with Crippen LogP contribution in [0.5, 0.6) is 0 Å². The average Bonchev–Trinajstić information content (AvgIpc) is 3.00. The van der Waals surface area contributed by atoms with Crippen molar-refractivity contribution in [3.05, 3.63) is 35.4 Å². The number of benzene rings is 1. The number of nitrogens with zero attached hydrogens (tertiary/aromatic N) is 1. The zero-order valence-corrected chi connectivity index (χ0v) is 14.8. The van der Waals surface area contributed by atoms with Gasteiger partial charge in [0, 0.05) is 13.1 Å². The summed E-state index contributed by atoms with van der Waals surface area (Å²) in [6.07, 6.45) is 0.896. The van der Waals surface area contributed by atoms with Gasteiger partial charge in [0.15, 0.2) is 0 Å². The Kier molecular flexibility index (Phi) is 6.47. The van der Waals surface area contributed by atoms with Crippen LogP contribution in [0.25, 0.3) is 0 Å². The first kappa shape index (κ1) is 19.3. The summed E-state index contributed by atoms with van der Waals surface area (Å²) in [6.45, 7) is 5.65. The second kappa shape index (κ2) is 8.38. The van der Waals surface area contributed by atoms with Crippen LogP contribution < -0.4 is 10.6 Å². The van der Waals surface area contributed by atoms with E-state index in [1.165, 1.54) is 6.07 Å². The average molecular weight is 353 g/mol. The van der Waals surface area contributed by atoms with Crippen LogP contribution in [0.4, 0.5) is 8.78 Å². The van der Waals surface area contributed by atoms with E-state index < -0.39 is 29.1 Å². The van der Waals surface area contributed by atoms with E-state index >= 15 is 0 Å². The van der Waals surface area contributed by atoms with Crippen molar-refractivity contribution in [2.75, 3.05) is 26.7 Å². The summed E-state index contributed by atoms with van der Waals surface area (Å²) in [5.74, 6) is -2.83. The predicted octanol–water partition coefficient (Wildman–Crippen LogP) is 1.79. The molecule has 1 aromatic rings. The maximum atomic E-state index is 13.8. The molecule has 1 aliphatic heterocycles. The van der Waals surface area contributed by atoms with Crippen molar-refractivity contribution >= 4 is 11.8 Å². The van der Waals surface area contributed by atoms with Crippen LogP contribution in [0.3, 0.4) is 0 Å². The first-order chi connectivity index (χ1) is 11.8. The van der Waals surface area contributed by atoms with E-state index in [1.54, 1.807) is 18.7 Å². The van der Waals surface area contributed by atoms with Crippen LogP contribution in [0.1, 0.15) is 30.6 Å². The highest BCUT2D eigenvalue weighted by atomic mass is 19.1. The second-order valence-corrected chi connectivity index (χ2v) is 6.79. The van der Waals surface area contributed by atoms with Crippen LogP contribution in [0.2, 0.25) is 0 Å². The van der Waals surface area contributed by atoms with Gasteiger partial charge in [-0.15, -0.1) is 0 Å². The number of carbonyl (C=O) groups is 2. The third-order valence-corrected chi connectivity index (χ3v) is 4.50. The van der Waals surface area contributed by atoms with E-state index in [-0.39, 0.29) is 11.8 Å². The van der Waals surface area contributed by atoms with Crippen molar-refractivity contribution in [2.45, 2.75) is 26.3 Å². The van der Waals surface area contributed by atoms with Gasteiger partial charge in [-0.25, -0.2) is 8.78 Å². The molecular weight excluding hydrogens is 328 g/mol. The number of halogens is 2. The summed E-state index contributed by atoms with van der Waals surface area (Å²) in [4.78, 5) is 26.8. The summed E-state index contributed by atoms with van der Waals surface area (Å²) in [5, 5.41) is 5.61. The van der Waals surface area contributed by atoms with E-state index in [0.717, 1.165) is 25.1 Å². The molecule has 138 valence electrons. The fraction of sp³-hybridized carbons (Fsp3) is 0.556. The molecule has 0 bridgehead atoms. The molecule has 0 radical (unpaired) electrons. The summed E-state index contributed by atoms with van der Waals surface area (Å²) >= 11 is 0. The standard InChI is InChI=1S/C18H25F2N3O2/c1-11(2)16(18(25)23-8-7-12(10-23)9-21-3)22-17(24)15-13(19)5-4-6-14(15)20/h4-6,11-12,16,21H,7-10H2,1-3H3,(H,22,24). The third kappa shape index (κ3) is 4.54. The van der Waals surface area contributed by atoms with Crippen LogP contribution >= 0.6 is 0 Å². The van der Waals surface area contributed by atoms with Gasteiger partial charge in [-0.3, -0.25) is 9.59 Å². The fourth-order valence-electron chi connectivity index (χ4n) is 3.13. The van der Waals surface area contributed by atoms with Crippen LogP contribution in [0.15, 0.2) is 18.2 Å². The van der Waals surface area contributed by atoms with Gasteiger partial charge in [0.1, 0.15) is 23.2 Å².